The fourth-order valence-electron chi connectivity index (χ4n) is 1.60. The maximum absolute atomic E-state index is 11.8. The van der Waals surface area contributed by atoms with Crippen LogP contribution >= 0.6 is 0 Å². The van der Waals surface area contributed by atoms with Gasteiger partial charge in [0.15, 0.2) is 0 Å². The third-order valence-corrected chi connectivity index (χ3v) is 2.96. The van der Waals surface area contributed by atoms with E-state index in [2.05, 4.69) is 5.32 Å². The standard InChI is InChI=1S/C13H19N3O3/c1-8(2)12(14)13(17)15-9(3)10-5-4-6-11(7-10)16(18)19/h4-9,12H,14H2,1-3H3,(H,15,17)/t9?,12-/m0/s1. The molecule has 0 aliphatic heterocycles. The Labute approximate surface area is 112 Å². The minimum atomic E-state index is -0.582. The second-order valence-corrected chi connectivity index (χ2v) is 4.85. The van der Waals surface area contributed by atoms with Crippen molar-refractivity contribution in [3.63, 3.8) is 0 Å². The molecule has 0 aromatic heterocycles. The Kier molecular flexibility index (Phi) is 5.00. The van der Waals surface area contributed by atoms with Crippen LogP contribution in [-0.2, 0) is 4.79 Å². The maximum atomic E-state index is 11.8. The fourth-order valence-corrected chi connectivity index (χ4v) is 1.60. The van der Waals surface area contributed by atoms with Gasteiger partial charge in [0.25, 0.3) is 5.69 Å². The van der Waals surface area contributed by atoms with Gasteiger partial charge in [0.1, 0.15) is 0 Å². The van der Waals surface area contributed by atoms with Crippen LogP contribution in [0.15, 0.2) is 24.3 Å². The first kappa shape index (κ1) is 15.1. The van der Waals surface area contributed by atoms with Crippen molar-refractivity contribution in [2.75, 3.05) is 0 Å². The van der Waals surface area contributed by atoms with Gasteiger partial charge in [-0.15, -0.1) is 0 Å². The summed E-state index contributed by atoms with van der Waals surface area (Å²) in [6.07, 6.45) is 0. The van der Waals surface area contributed by atoms with Gasteiger partial charge in [-0.3, -0.25) is 14.9 Å². The van der Waals surface area contributed by atoms with Gasteiger partial charge in [-0.25, -0.2) is 0 Å². The van der Waals surface area contributed by atoms with Crippen molar-refractivity contribution in [1.29, 1.82) is 0 Å². The first-order chi connectivity index (χ1) is 8.82. The van der Waals surface area contributed by atoms with E-state index in [1.165, 1.54) is 12.1 Å². The van der Waals surface area contributed by atoms with Crippen LogP contribution in [0.3, 0.4) is 0 Å². The number of nitro groups is 1. The lowest BCUT2D eigenvalue weighted by Crippen LogP contribution is -2.44. The zero-order chi connectivity index (χ0) is 14.6. The van der Waals surface area contributed by atoms with Crippen molar-refractivity contribution in [3.05, 3.63) is 39.9 Å². The lowest BCUT2D eigenvalue weighted by molar-refractivity contribution is -0.384. The van der Waals surface area contributed by atoms with Crippen LogP contribution in [0.5, 0.6) is 0 Å². The molecule has 0 spiro atoms. The maximum Gasteiger partial charge on any atom is 0.269 e. The highest BCUT2D eigenvalue weighted by atomic mass is 16.6. The quantitative estimate of drug-likeness (QED) is 0.626. The Morgan fingerprint density at radius 2 is 2.00 bits per heavy atom. The number of nitrogens with zero attached hydrogens (tertiary/aromatic N) is 1. The highest BCUT2D eigenvalue weighted by molar-refractivity contribution is 5.82. The fraction of sp³-hybridized carbons (Fsp3) is 0.462. The Bertz CT molecular complexity index is 474. The zero-order valence-electron chi connectivity index (χ0n) is 11.3. The number of benzene rings is 1. The van der Waals surface area contributed by atoms with Gasteiger partial charge >= 0.3 is 0 Å². The summed E-state index contributed by atoms with van der Waals surface area (Å²) in [4.78, 5) is 22.1. The minimum absolute atomic E-state index is 0.00626. The van der Waals surface area contributed by atoms with Gasteiger partial charge in [-0.2, -0.15) is 0 Å². The van der Waals surface area contributed by atoms with E-state index in [0.29, 0.717) is 5.56 Å². The molecule has 1 aromatic carbocycles. The Morgan fingerprint density at radius 3 is 2.53 bits per heavy atom. The average Bonchev–Trinajstić information content (AvgIpc) is 2.37. The van der Waals surface area contributed by atoms with Crippen molar-refractivity contribution in [1.82, 2.24) is 5.32 Å². The molecule has 104 valence electrons. The van der Waals surface area contributed by atoms with Crippen molar-refractivity contribution >= 4 is 11.6 Å². The summed E-state index contributed by atoms with van der Waals surface area (Å²) in [6, 6.07) is 5.29. The summed E-state index contributed by atoms with van der Waals surface area (Å²) in [5, 5.41) is 13.5. The number of amides is 1. The van der Waals surface area contributed by atoms with Crippen LogP contribution < -0.4 is 11.1 Å². The van der Waals surface area contributed by atoms with E-state index in [1.807, 2.05) is 13.8 Å². The number of rotatable bonds is 5. The number of carbonyl (C=O) groups excluding carboxylic acids is 1. The van der Waals surface area contributed by atoms with E-state index in [0.717, 1.165) is 0 Å². The van der Waals surface area contributed by atoms with Crippen LogP contribution in [0.25, 0.3) is 0 Å². The van der Waals surface area contributed by atoms with Crippen LogP contribution in [-0.4, -0.2) is 16.9 Å². The third-order valence-electron chi connectivity index (χ3n) is 2.96. The van der Waals surface area contributed by atoms with E-state index in [1.54, 1.807) is 19.1 Å². The monoisotopic (exact) mass is 265 g/mol. The molecule has 1 aromatic rings. The molecule has 1 rings (SSSR count). The van der Waals surface area contributed by atoms with E-state index < -0.39 is 11.0 Å². The first-order valence-electron chi connectivity index (χ1n) is 6.13. The molecule has 0 saturated heterocycles. The molecule has 0 aliphatic carbocycles. The molecule has 6 heteroatoms. The lowest BCUT2D eigenvalue weighted by Gasteiger charge is -2.19. The topological polar surface area (TPSA) is 98.3 Å². The molecule has 2 atom stereocenters. The highest BCUT2D eigenvalue weighted by Gasteiger charge is 2.20. The zero-order valence-corrected chi connectivity index (χ0v) is 11.3. The van der Waals surface area contributed by atoms with E-state index in [4.69, 9.17) is 5.73 Å². The number of nitrogens with two attached hydrogens (primary N) is 1. The van der Waals surface area contributed by atoms with Gasteiger partial charge < -0.3 is 11.1 Å². The molecule has 1 amide bonds. The molecule has 0 aliphatic rings. The molecule has 3 N–H and O–H groups in total. The average molecular weight is 265 g/mol. The number of non-ortho nitro benzene ring substituents is 1. The lowest BCUT2D eigenvalue weighted by atomic mass is 10.0. The summed E-state index contributed by atoms with van der Waals surface area (Å²) >= 11 is 0. The van der Waals surface area contributed by atoms with Gasteiger partial charge in [-0.05, 0) is 18.4 Å². The van der Waals surface area contributed by atoms with Crippen LogP contribution in [0.2, 0.25) is 0 Å². The Balaban J connectivity index is 2.78. The van der Waals surface area contributed by atoms with Crippen molar-refractivity contribution < 1.29 is 9.72 Å². The molecule has 0 fully saturated rings. The second kappa shape index (κ2) is 6.29. The Hall–Kier alpha value is -1.95. The molecule has 0 radical (unpaired) electrons. The molecule has 6 nitrogen and oxygen atoms in total. The molecular weight excluding hydrogens is 246 g/mol. The first-order valence-corrected chi connectivity index (χ1v) is 6.13. The number of hydrogen-bond donors (Lipinski definition) is 2. The Morgan fingerprint density at radius 1 is 1.37 bits per heavy atom. The molecule has 0 saturated carbocycles. The minimum Gasteiger partial charge on any atom is -0.348 e. The molecule has 19 heavy (non-hydrogen) atoms. The van der Waals surface area contributed by atoms with Gasteiger partial charge in [-0.1, -0.05) is 26.0 Å². The van der Waals surface area contributed by atoms with Gasteiger partial charge in [0.2, 0.25) is 5.91 Å². The van der Waals surface area contributed by atoms with Crippen LogP contribution in [0, 0.1) is 16.0 Å². The normalized spacial score (nSPS) is 13.9. The number of carbonyl (C=O) groups is 1. The number of nitrogens with one attached hydrogen (secondary N) is 1. The van der Waals surface area contributed by atoms with Crippen molar-refractivity contribution in [3.8, 4) is 0 Å². The van der Waals surface area contributed by atoms with Gasteiger partial charge in [0, 0.05) is 12.1 Å². The van der Waals surface area contributed by atoms with E-state index in [9.17, 15) is 14.9 Å². The highest BCUT2D eigenvalue weighted by Crippen LogP contribution is 2.19. The predicted molar refractivity (Wildman–Crippen MR) is 72.5 cm³/mol. The largest absolute Gasteiger partial charge is 0.348 e. The summed E-state index contributed by atoms with van der Waals surface area (Å²) in [6.45, 7) is 5.49. The van der Waals surface area contributed by atoms with E-state index in [-0.39, 0.29) is 23.6 Å². The molecule has 0 bridgehead atoms. The SMILES string of the molecule is CC(NC(=O)[C@@H](N)C(C)C)c1cccc([N+](=O)[O-])c1. The van der Waals surface area contributed by atoms with Gasteiger partial charge in [0.05, 0.1) is 17.0 Å². The van der Waals surface area contributed by atoms with Crippen molar-refractivity contribution in [2.45, 2.75) is 32.9 Å². The number of nitro benzene ring substituents is 1. The van der Waals surface area contributed by atoms with Crippen LogP contribution in [0.1, 0.15) is 32.4 Å². The van der Waals surface area contributed by atoms with E-state index >= 15 is 0 Å². The smallest absolute Gasteiger partial charge is 0.269 e. The predicted octanol–water partition coefficient (Wildman–Crippen LogP) is 1.76. The molecule has 1 unspecified atom stereocenters. The number of hydrogen-bond acceptors (Lipinski definition) is 4. The summed E-state index contributed by atoms with van der Waals surface area (Å²) in [5.74, 6) is -0.216. The van der Waals surface area contributed by atoms with Crippen LogP contribution in [0.4, 0.5) is 5.69 Å². The molecule has 0 heterocycles. The summed E-state index contributed by atoms with van der Waals surface area (Å²) < 4.78 is 0. The summed E-state index contributed by atoms with van der Waals surface area (Å²) in [7, 11) is 0. The molecular formula is C13H19N3O3. The second-order valence-electron chi connectivity index (χ2n) is 4.85. The third kappa shape index (κ3) is 4.03. The van der Waals surface area contributed by atoms with Crippen molar-refractivity contribution in [2.24, 2.45) is 11.7 Å². The summed E-state index contributed by atoms with van der Waals surface area (Å²) in [5.41, 5.74) is 6.43.